The van der Waals surface area contributed by atoms with E-state index in [0.717, 1.165) is 23.7 Å². The molecule has 0 aromatic rings. The van der Waals surface area contributed by atoms with Gasteiger partial charge in [0.2, 0.25) is 0 Å². The Bertz CT molecular complexity index is 132. The van der Waals surface area contributed by atoms with E-state index in [1.165, 1.54) is 44.9 Å². The third-order valence-electron chi connectivity index (χ3n) is 5.32. The Morgan fingerprint density at radius 3 is 0.842 bits per heavy atom. The quantitative estimate of drug-likeness (QED) is 0.411. The third kappa shape index (κ3) is 9.52. The van der Waals surface area contributed by atoms with Crippen molar-refractivity contribution in [2.45, 2.75) is 100 Å². The molecule has 0 atom stereocenters. The minimum absolute atomic E-state index is 0.926. The van der Waals surface area contributed by atoms with Crippen LogP contribution in [0.5, 0.6) is 0 Å². The highest BCUT2D eigenvalue weighted by Gasteiger charge is 2.20. The van der Waals surface area contributed by atoms with E-state index in [1.54, 1.807) is 0 Å². The minimum atomic E-state index is 0.926. The Labute approximate surface area is 124 Å². The normalized spacial score (nSPS) is 11.4. The van der Waals surface area contributed by atoms with Crippen molar-refractivity contribution in [3.63, 3.8) is 0 Å². The average Bonchev–Trinajstić information content (AvgIpc) is 2.44. The predicted molar refractivity (Wildman–Crippen MR) is 91.7 cm³/mol. The van der Waals surface area contributed by atoms with Gasteiger partial charge in [-0.05, 0) is 23.7 Å². The molecule has 0 aromatic carbocycles. The number of hydrogen-bond donors (Lipinski definition) is 0. The Morgan fingerprint density at radius 2 is 0.737 bits per heavy atom. The van der Waals surface area contributed by atoms with E-state index in [-0.39, 0.29) is 0 Å². The summed E-state index contributed by atoms with van der Waals surface area (Å²) in [4.78, 5) is 0. The molecule has 0 nitrogen and oxygen atoms in total. The van der Waals surface area contributed by atoms with Gasteiger partial charge in [-0.2, -0.15) is 0 Å². The van der Waals surface area contributed by atoms with Crippen LogP contribution in [0.3, 0.4) is 0 Å². The van der Waals surface area contributed by atoms with Gasteiger partial charge in [-0.1, -0.05) is 100 Å². The van der Waals surface area contributed by atoms with E-state index >= 15 is 0 Å². The van der Waals surface area contributed by atoms with Crippen LogP contribution in [0, 0.1) is 23.7 Å². The number of hydrogen-bond acceptors (Lipinski definition) is 0. The van der Waals surface area contributed by atoms with E-state index in [9.17, 15) is 0 Å². The molecule has 0 amide bonds. The van der Waals surface area contributed by atoms with Gasteiger partial charge in [0.25, 0.3) is 0 Å². The molecule has 0 saturated carbocycles. The van der Waals surface area contributed by atoms with Crippen molar-refractivity contribution in [3.8, 4) is 0 Å². The Morgan fingerprint density at radius 1 is 0.474 bits per heavy atom. The molecule has 0 aromatic heterocycles. The largest absolute Gasteiger partial charge is 0.0651 e. The molecule has 0 bridgehead atoms. The van der Waals surface area contributed by atoms with Crippen molar-refractivity contribution >= 4 is 0 Å². The molecule has 0 aliphatic carbocycles. The molecule has 0 fully saturated rings. The molecule has 19 heavy (non-hydrogen) atoms. The highest BCUT2D eigenvalue weighted by molar-refractivity contribution is 4.70. The van der Waals surface area contributed by atoms with Gasteiger partial charge in [-0.15, -0.1) is 0 Å². The summed E-state index contributed by atoms with van der Waals surface area (Å²) in [5, 5.41) is 0. The van der Waals surface area contributed by atoms with Gasteiger partial charge >= 0.3 is 0 Å². The van der Waals surface area contributed by atoms with Gasteiger partial charge in [-0.3, -0.25) is 0 Å². The first kappa shape index (κ1) is 21.3. The van der Waals surface area contributed by atoms with Gasteiger partial charge in [0, 0.05) is 0 Å². The van der Waals surface area contributed by atoms with Crippen LogP contribution >= 0.6 is 0 Å². The van der Waals surface area contributed by atoms with Crippen LogP contribution in [0.1, 0.15) is 100 Å². The molecule has 0 heterocycles. The highest BCUT2D eigenvalue weighted by atomic mass is 14.3. The summed E-state index contributed by atoms with van der Waals surface area (Å²) >= 11 is 0. The maximum absolute atomic E-state index is 2.44. The second kappa shape index (κ2) is 14.4. The maximum atomic E-state index is 2.44. The lowest BCUT2D eigenvalue weighted by atomic mass is 9.78. The van der Waals surface area contributed by atoms with Crippen LogP contribution in [0.15, 0.2) is 0 Å². The lowest BCUT2D eigenvalue weighted by Crippen LogP contribution is -2.19. The average molecular weight is 271 g/mol. The van der Waals surface area contributed by atoms with E-state index in [1.807, 2.05) is 0 Å². The summed E-state index contributed by atoms with van der Waals surface area (Å²) in [5.41, 5.74) is 0. The summed E-state index contributed by atoms with van der Waals surface area (Å²) in [6.07, 6.45) is 9.48. The SMILES string of the molecule is CCC(CC)C(C)C(CC)CC.CCC(CC)CC. The molecule has 0 unspecified atom stereocenters. The molecule has 0 rings (SSSR count). The second-order valence-electron chi connectivity index (χ2n) is 6.10. The van der Waals surface area contributed by atoms with Crippen LogP contribution < -0.4 is 0 Å². The summed E-state index contributed by atoms with van der Waals surface area (Å²) in [6, 6.07) is 0. The topological polar surface area (TPSA) is 0 Å². The van der Waals surface area contributed by atoms with Crippen molar-refractivity contribution < 1.29 is 0 Å². The van der Waals surface area contributed by atoms with Gasteiger partial charge < -0.3 is 0 Å². The zero-order chi connectivity index (χ0) is 15.3. The zero-order valence-electron chi connectivity index (χ0n) is 15.3. The standard InChI is InChI=1S/C12H26.C7H16/c1-6-11(7-2)10(5)12(8-3)9-4;1-4-7(5-2)6-3/h10-12H,6-9H2,1-5H3;7H,4-6H2,1-3H3. The first-order chi connectivity index (χ1) is 9.05. The lowest BCUT2D eigenvalue weighted by molar-refractivity contribution is 0.222. The summed E-state index contributed by atoms with van der Waals surface area (Å²) < 4.78 is 0. The smallest absolute Gasteiger partial charge is 0.0386 e. The van der Waals surface area contributed by atoms with E-state index in [4.69, 9.17) is 0 Å². The fraction of sp³-hybridized carbons (Fsp3) is 1.00. The van der Waals surface area contributed by atoms with Gasteiger partial charge in [-0.25, -0.2) is 0 Å². The van der Waals surface area contributed by atoms with E-state index in [0.29, 0.717) is 0 Å². The molecule has 0 saturated heterocycles. The van der Waals surface area contributed by atoms with Crippen molar-refractivity contribution in [3.05, 3.63) is 0 Å². The molecule has 118 valence electrons. The summed E-state index contributed by atoms with van der Waals surface area (Å²) in [6.45, 7) is 18.5. The second-order valence-corrected chi connectivity index (χ2v) is 6.10. The minimum Gasteiger partial charge on any atom is -0.0651 e. The van der Waals surface area contributed by atoms with E-state index in [2.05, 4.69) is 55.4 Å². The molecule has 0 aliphatic heterocycles. The van der Waals surface area contributed by atoms with Crippen LogP contribution in [0.2, 0.25) is 0 Å². The lowest BCUT2D eigenvalue weighted by Gasteiger charge is -2.28. The number of rotatable bonds is 9. The predicted octanol–water partition coefficient (Wildman–Crippen LogP) is 7.33. The Balaban J connectivity index is 0. The summed E-state index contributed by atoms with van der Waals surface area (Å²) in [7, 11) is 0. The van der Waals surface area contributed by atoms with Gasteiger partial charge in [0.15, 0.2) is 0 Å². The monoisotopic (exact) mass is 270 g/mol. The maximum Gasteiger partial charge on any atom is -0.0386 e. The molecule has 0 spiro atoms. The summed E-state index contributed by atoms with van der Waals surface area (Å²) in [5.74, 6) is 3.82. The zero-order valence-corrected chi connectivity index (χ0v) is 15.3. The fourth-order valence-corrected chi connectivity index (χ4v) is 3.32. The molecule has 0 radical (unpaired) electrons. The van der Waals surface area contributed by atoms with E-state index < -0.39 is 0 Å². The van der Waals surface area contributed by atoms with Crippen molar-refractivity contribution in [1.29, 1.82) is 0 Å². The van der Waals surface area contributed by atoms with Crippen LogP contribution in [0.25, 0.3) is 0 Å². The highest BCUT2D eigenvalue weighted by Crippen LogP contribution is 2.30. The van der Waals surface area contributed by atoms with Crippen molar-refractivity contribution in [2.24, 2.45) is 23.7 Å². The van der Waals surface area contributed by atoms with Gasteiger partial charge in [0.1, 0.15) is 0 Å². The Hall–Kier alpha value is 0. The molecule has 0 N–H and O–H groups in total. The van der Waals surface area contributed by atoms with Gasteiger partial charge in [0.05, 0.1) is 0 Å². The molecular formula is C19H42. The molecule has 0 aliphatic rings. The first-order valence-corrected chi connectivity index (χ1v) is 9.05. The van der Waals surface area contributed by atoms with Crippen molar-refractivity contribution in [2.75, 3.05) is 0 Å². The Kier molecular flexibility index (Phi) is 16.2. The first-order valence-electron chi connectivity index (χ1n) is 9.05. The molecule has 0 heteroatoms. The van der Waals surface area contributed by atoms with Crippen LogP contribution in [-0.4, -0.2) is 0 Å². The van der Waals surface area contributed by atoms with Crippen LogP contribution in [0.4, 0.5) is 0 Å². The fourth-order valence-electron chi connectivity index (χ4n) is 3.32. The third-order valence-corrected chi connectivity index (χ3v) is 5.32. The van der Waals surface area contributed by atoms with Crippen LogP contribution in [-0.2, 0) is 0 Å². The molecular weight excluding hydrogens is 228 g/mol. The van der Waals surface area contributed by atoms with Crippen molar-refractivity contribution in [1.82, 2.24) is 0 Å².